The number of nitrogens with one attached hydrogen (secondary N) is 1. The molecular weight excluding hydrogens is 374 g/mol. The second-order valence-electron chi connectivity index (χ2n) is 7.00. The second-order valence-corrected chi connectivity index (χ2v) is 10.1. The van der Waals surface area contributed by atoms with E-state index in [0.717, 1.165) is 4.90 Å². The van der Waals surface area contributed by atoms with Gasteiger partial charge >= 0.3 is 0 Å². The monoisotopic (exact) mass is 396 g/mol. The zero-order chi connectivity index (χ0) is 18.3. The van der Waals surface area contributed by atoms with Crippen molar-refractivity contribution in [1.29, 1.82) is 0 Å². The van der Waals surface area contributed by atoms with Crippen LogP contribution < -0.4 is 4.90 Å². The summed E-state index contributed by atoms with van der Waals surface area (Å²) < 4.78 is 27.0. The van der Waals surface area contributed by atoms with Gasteiger partial charge in [-0.2, -0.15) is 4.31 Å². The molecule has 4 rings (SSSR count). The maximum Gasteiger partial charge on any atom is 0.252 e. The second kappa shape index (κ2) is 6.88. The van der Waals surface area contributed by atoms with Crippen LogP contribution in [0, 0.1) is 11.8 Å². The predicted octanol–water partition coefficient (Wildman–Crippen LogP) is -0.454. The molecule has 0 radical (unpaired) electrons. The maximum absolute atomic E-state index is 12.6. The third kappa shape index (κ3) is 3.02. The molecule has 2 aliphatic heterocycles. The van der Waals surface area contributed by atoms with E-state index in [1.807, 2.05) is 12.2 Å². The number of sulfonamides is 1. The van der Waals surface area contributed by atoms with E-state index in [4.69, 9.17) is 0 Å². The molecule has 3 aliphatic rings. The Kier molecular flexibility index (Phi) is 4.72. The summed E-state index contributed by atoms with van der Waals surface area (Å²) in [5, 5.41) is 1.76. The van der Waals surface area contributed by atoms with E-state index in [1.165, 1.54) is 20.5 Å². The van der Waals surface area contributed by atoms with E-state index < -0.39 is 10.0 Å². The van der Waals surface area contributed by atoms with E-state index in [9.17, 15) is 18.0 Å². The van der Waals surface area contributed by atoms with Crippen molar-refractivity contribution in [2.24, 2.45) is 11.8 Å². The average molecular weight is 397 g/mol. The Balaban J connectivity index is 1.37. The first-order valence-corrected chi connectivity index (χ1v) is 11.2. The number of allylic oxidation sites excluding steroid dienone is 2. The summed E-state index contributed by atoms with van der Waals surface area (Å²) in [4.78, 5) is 27.6. The van der Waals surface area contributed by atoms with Crippen molar-refractivity contribution < 1.29 is 22.9 Å². The normalized spacial score (nSPS) is 27.9. The summed E-state index contributed by atoms with van der Waals surface area (Å²) in [6, 6.07) is 3.36. The Bertz CT molecular complexity index is 800. The number of quaternary nitrogens is 1. The van der Waals surface area contributed by atoms with Crippen molar-refractivity contribution in [2.75, 3.05) is 32.8 Å². The lowest BCUT2D eigenvalue weighted by molar-refractivity contribution is -0.910. The number of imide groups is 1. The third-order valence-electron chi connectivity index (χ3n) is 5.50. The molecule has 0 aromatic carbocycles. The molecule has 26 heavy (non-hydrogen) atoms. The molecule has 0 bridgehead atoms. The number of hydrogen-bond donors (Lipinski definition) is 1. The fraction of sp³-hybridized carbons (Fsp3) is 0.529. The van der Waals surface area contributed by atoms with Gasteiger partial charge in [0, 0.05) is 0 Å². The summed E-state index contributed by atoms with van der Waals surface area (Å²) in [6.45, 7) is 2.34. The van der Waals surface area contributed by atoms with Gasteiger partial charge in [-0.1, -0.05) is 18.2 Å². The molecule has 140 valence electrons. The topological polar surface area (TPSA) is 79.2 Å². The Labute approximate surface area is 156 Å². The molecule has 2 atom stereocenters. The van der Waals surface area contributed by atoms with Crippen molar-refractivity contribution in [1.82, 2.24) is 9.21 Å². The molecule has 1 aromatic rings. The van der Waals surface area contributed by atoms with E-state index >= 15 is 0 Å². The van der Waals surface area contributed by atoms with Crippen LogP contribution in [-0.2, 0) is 19.6 Å². The summed E-state index contributed by atoms with van der Waals surface area (Å²) in [5.74, 6) is -0.532. The molecule has 2 saturated heterocycles. The summed E-state index contributed by atoms with van der Waals surface area (Å²) in [7, 11) is -3.43. The highest BCUT2D eigenvalue weighted by molar-refractivity contribution is 7.91. The lowest BCUT2D eigenvalue weighted by Crippen LogP contribution is -3.16. The lowest BCUT2D eigenvalue weighted by atomic mass is 9.85. The number of carbonyl (C=O) groups excluding carboxylic acids is 2. The SMILES string of the molecule is O=C1[C@H]2CC=CC[C@H]2C(=O)N1C[NH+]1CCN(S(=O)(=O)c2cccs2)CC1. The van der Waals surface area contributed by atoms with Gasteiger partial charge in [0.15, 0.2) is 6.67 Å². The van der Waals surface area contributed by atoms with Gasteiger partial charge in [0.1, 0.15) is 4.21 Å². The number of carbonyl (C=O) groups is 2. The summed E-state index contributed by atoms with van der Waals surface area (Å²) in [6.07, 6.45) is 5.26. The molecule has 2 fully saturated rings. The maximum atomic E-state index is 12.6. The molecule has 1 N–H and O–H groups in total. The number of nitrogens with zero attached hydrogens (tertiary/aromatic N) is 2. The van der Waals surface area contributed by atoms with Crippen molar-refractivity contribution in [3.63, 3.8) is 0 Å². The molecule has 1 aromatic heterocycles. The Morgan fingerprint density at radius 3 is 2.23 bits per heavy atom. The van der Waals surface area contributed by atoms with Gasteiger partial charge in [0.2, 0.25) is 11.8 Å². The molecule has 3 heterocycles. The van der Waals surface area contributed by atoms with Crippen LogP contribution in [0.15, 0.2) is 33.9 Å². The lowest BCUT2D eigenvalue weighted by Gasteiger charge is -2.32. The van der Waals surface area contributed by atoms with E-state index in [2.05, 4.69) is 0 Å². The molecule has 2 amide bonds. The number of piperazine rings is 1. The number of likely N-dealkylation sites (tertiary alicyclic amines) is 1. The zero-order valence-electron chi connectivity index (χ0n) is 14.3. The highest BCUT2D eigenvalue weighted by atomic mass is 32.2. The fourth-order valence-corrected chi connectivity index (χ4v) is 6.57. The molecule has 0 spiro atoms. The number of amides is 2. The van der Waals surface area contributed by atoms with Crippen molar-refractivity contribution >= 4 is 33.2 Å². The molecule has 9 heteroatoms. The van der Waals surface area contributed by atoms with Gasteiger partial charge in [-0.3, -0.25) is 9.59 Å². The van der Waals surface area contributed by atoms with E-state index in [1.54, 1.807) is 17.5 Å². The van der Waals surface area contributed by atoms with Crippen LogP contribution in [0.25, 0.3) is 0 Å². The number of fused-ring (bicyclic) bond motifs is 1. The molecule has 7 nitrogen and oxygen atoms in total. The molecule has 1 aliphatic carbocycles. The standard InChI is InChI=1S/C17H21N3O4S2/c21-16-13-4-1-2-5-14(13)17(22)20(16)12-18-7-9-19(10-8-18)26(23,24)15-6-3-11-25-15/h1-3,6,11,13-14H,4-5,7-10,12H2/p+1/t13-,14+. The first kappa shape index (κ1) is 17.8. The van der Waals surface area contributed by atoms with Crippen LogP contribution in [0.4, 0.5) is 0 Å². The van der Waals surface area contributed by atoms with Crippen molar-refractivity contribution in [2.45, 2.75) is 17.1 Å². The molecule has 0 unspecified atom stereocenters. The van der Waals surface area contributed by atoms with Gasteiger partial charge in [-0.05, 0) is 24.3 Å². The van der Waals surface area contributed by atoms with Crippen molar-refractivity contribution in [3.05, 3.63) is 29.7 Å². The van der Waals surface area contributed by atoms with Gasteiger partial charge < -0.3 is 4.90 Å². The van der Waals surface area contributed by atoms with Crippen LogP contribution in [0.1, 0.15) is 12.8 Å². The fourth-order valence-electron chi connectivity index (χ4n) is 3.99. The van der Waals surface area contributed by atoms with E-state index in [-0.39, 0.29) is 23.7 Å². The highest BCUT2D eigenvalue weighted by Crippen LogP contribution is 2.34. The number of thiophene rings is 1. The van der Waals surface area contributed by atoms with Crippen LogP contribution in [-0.4, -0.2) is 62.3 Å². The summed E-state index contributed by atoms with van der Waals surface area (Å²) >= 11 is 1.22. The van der Waals surface area contributed by atoms with Crippen LogP contribution >= 0.6 is 11.3 Å². The van der Waals surface area contributed by atoms with E-state index in [0.29, 0.717) is 49.9 Å². The van der Waals surface area contributed by atoms with Crippen molar-refractivity contribution in [3.8, 4) is 0 Å². The van der Waals surface area contributed by atoms with Gasteiger partial charge in [-0.15, -0.1) is 11.3 Å². The van der Waals surface area contributed by atoms with Gasteiger partial charge in [0.05, 0.1) is 38.0 Å². The number of rotatable bonds is 4. The van der Waals surface area contributed by atoms with Crippen LogP contribution in [0.3, 0.4) is 0 Å². The molecule has 0 saturated carbocycles. The first-order chi connectivity index (χ1) is 12.5. The van der Waals surface area contributed by atoms with Gasteiger partial charge in [-0.25, -0.2) is 13.3 Å². The first-order valence-electron chi connectivity index (χ1n) is 8.86. The minimum atomic E-state index is -3.43. The van der Waals surface area contributed by atoms with Crippen LogP contribution in [0.5, 0.6) is 0 Å². The minimum Gasteiger partial charge on any atom is -0.315 e. The smallest absolute Gasteiger partial charge is 0.252 e. The Morgan fingerprint density at radius 1 is 1.08 bits per heavy atom. The van der Waals surface area contributed by atoms with Crippen LogP contribution in [0.2, 0.25) is 0 Å². The summed E-state index contributed by atoms with van der Waals surface area (Å²) in [5.41, 5.74) is 0. The Morgan fingerprint density at radius 2 is 1.69 bits per heavy atom. The Hall–Kier alpha value is -1.55. The zero-order valence-corrected chi connectivity index (χ0v) is 16.0. The largest absolute Gasteiger partial charge is 0.315 e. The minimum absolute atomic E-state index is 0.0644. The highest BCUT2D eigenvalue weighted by Gasteiger charge is 2.48. The molecular formula is C17H22N3O4S2+. The predicted molar refractivity (Wildman–Crippen MR) is 95.8 cm³/mol. The van der Waals surface area contributed by atoms with Gasteiger partial charge in [0.25, 0.3) is 10.0 Å². The third-order valence-corrected chi connectivity index (χ3v) is 8.77. The number of hydrogen-bond acceptors (Lipinski definition) is 5. The quantitative estimate of drug-likeness (QED) is 0.552. The average Bonchev–Trinajstić information content (AvgIpc) is 3.27.